The first-order valence-corrected chi connectivity index (χ1v) is 6.56. The molecule has 3 heteroatoms. The molecule has 0 fully saturated rings. The predicted molar refractivity (Wildman–Crippen MR) is 83.8 cm³/mol. The van der Waals surface area contributed by atoms with E-state index < -0.39 is 5.97 Å². The van der Waals surface area contributed by atoms with Crippen LogP contribution in [0.25, 0.3) is 21.5 Å². The molecule has 0 N–H and O–H groups in total. The molecule has 0 unspecified atom stereocenters. The summed E-state index contributed by atoms with van der Waals surface area (Å²) in [4.78, 5) is 11.3. The Balaban J connectivity index is 2.24. The van der Waals surface area contributed by atoms with Gasteiger partial charge in [-0.1, -0.05) is 36.9 Å². The molecule has 3 aromatic carbocycles. The molecule has 0 bridgehead atoms. The van der Waals surface area contributed by atoms with E-state index in [-0.39, 0.29) is 0 Å². The Morgan fingerprint density at radius 2 is 1.86 bits per heavy atom. The lowest BCUT2D eigenvalue weighted by Crippen LogP contribution is -2.02. The van der Waals surface area contributed by atoms with Crippen molar-refractivity contribution >= 4 is 27.5 Å². The van der Waals surface area contributed by atoms with Gasteiger partial charge in [0.1, 0.15) is 11.5 Å². The van der Waals surface area contributed by atoms with Crippen molar-refractivity contribution in [3.63, 3.8) is 0 Å². The highest BCUT2D eigenvalue weighted by atomic mass is 16.5. The molecule has 0 saturated carbocycles. The zero-order chi connectivity index (χ0) is 14.8. The normalized spacial score (nSPS) is 10.5. The number of carbonyl (C=O) groups is 1. The number of carbonyl (C=O) groups excluding carboxylic acids is 1. The maximum absolute atomic E-state index is 11.3. The predicted octanol–water partition coefficient (Wildman–Crippen LogP) is 4.09. The second-order valence-electron chi connectivity index (χ2n) is 4.63. The van der Waals surface area contributed by atoms with Crippen molar-refractivity contribution in [3.8, 4) is 11.5 Å². The summed E-state index contributed by atoms with van der Waals surface area (Å²) in [5.41, 5.74) is 0. The quantitative estimate of drug-likeness (QED) is 0.313. The van der Waals surface area contributed by atoms with Crippen molar-refractivity contribution in [2.45, 2.75) is 0 Å². The van der Waals surface area contributed by atoms with Gasteiger partial charge < -0.3 is 9.47 Å². The Hall–Kier alpha value is -2.81. The van der Waals surface area contributed by atoms with Gasteiger partial charge >= 0.3 is 5.97 Å². The molecule has 104 valence electrons. The SMILES string of the molecule is C=CC(=O)Oc1ccc2ccc3c(OC)cccc3c2c1. The standard InChI is InChI=1S/C18H14O3/c1-3-18(19)21-13-9-7-12-8-10-15-14(16(12)11-13)5-4-6-17(15)20-2/h3-11H,1H2,2H3. The van der Waals surface area contributed by atoms with Crippen molar-refractivity contribution < 1.29 is 14.3 Å². The molecule has 0 radical (unpaired) electrons. The average Bonchev–Trinajstić information content (AvgIpc) is 2.53. The van der Waals surface area contributed by atoms with Crippen molar-refractivity contribution in [2.75, 3.05) is 7.11 Å². The van der Waals surface area contributed by atoms with Crippen LogP contribution in [0, 0.1) is 0 Å². The van der Waals surface area contributed by atoms with E-state index in [4.69, 9.17) is 9.47 Å². The van der Waals surface area contributed by atoms with E-state index in [0.717, 1.165) is 33.4 Å². The van der Waals surface area contributed by atoms with Crippen LogP contribution in [0.5, 0.6) is 11.5 Å². The third kappa shape index (κ3) is 2.34. The molecule has 0 aliphatic rings. The zero-order valence-corrected chi connectivity index (χ0v) is 11.6. The fraction of sp³-hybridized carbons (Fsp3) is 0.0556. The van der Waals surface area contributed by atoms with Gasteiger partial charge in [-0.2, -0.15) is 0 Å². The molecule has 0 heterocycles. The molecular formula is C18H14O3. The van der Waals surface area contributed by atoms with Crippen LogP contribution in [0.1, 0.15) is 0 Å². The van der Waals surface area contributed by atoms with Crippen LogP contribution in [0.3, 0.4) is 0 Å². The number of rotatable bonds is 3. The van der Waals surface area contributed by atoms with Gasteiger partial charge in [-0.15, -0.1) is 0 Å². The average molecular weight is 278 g/mol. The van der Waals surface area contributed by atoms with Gasteiger partial charge in [0.05, 0.1) is 7.11 Å². The molecule has 0 aliphatic heterocycles. The van der Waals surface area contributed by atoms with Crippen LogP contribution in [-0.2, 0) is 4.79 Å². The van der Waals surface area contributed by atoms with E-state index in [0.29, 0.717) is 5.75 Å². The Labute approximate surface area is 122 Å². The van der Waals surface area contributed by atoms with Crippen molar-refractivity contribution in [1.82, 2.24) is 0 Å². The van der Waals surface area contributed by atoms with E-state index in [1.807, 2.05) is 42.5 Å². The molecule has 3 rings (SSSR count). The molecule has 21 heavy (non-hydrogen) atoms. The van der Waals surface area contributed by atoms with Gasteiger partial charge in [-0.25, -0.2) is 4.79 Å². The van der Waals surface area contributed by atoms with Crippen LogP contribution in [0.4, 0.5) is 0 Å². The van der Waals surface area contributed by atoms with Crippen molar-refractivity contribution in [2.24, 2.45) is 0 Å². The first kappa shape index (κ1) is 13.2. The number of hydrogen-bond donors (Lipinski definition) is 0. The monoisotopic (exact) mass is 278 g/mol. The highest BCUT2D eigenvalue weighted by molar-refractivity contribution is 6.09. The van der Waals surface area contributed by atoms with Gasteiger partial charge in [0, 0.05) is 11.5 Å². The van der Waals surface area contributed by atoms with Gasteiger partial charge in [0.25, 0.3) is 0 Å². The summed E-state index contributed by atoms with van der Waals surface area (Å²) >= 11 is 0. The fourth-order valence-corrected chi connectivity index (χ4v) is 2.44. The third-order valence-corrected chi connectivity index (χ3v) is 3.42. The lowest BCUT2D eigenvalue weighted by Gasteiger charge is -2.09. The third-order valence-electron chi connectivity index (χ3n) is 3.42. The Kier molecular flexibility index (Phi) is 3.32. The summed E-state index contributed by atoms with van der Waals surface area (Å²) in [6.07, 6.45) is 1.15. The van der Waals surface area contributed by atoms with Crippen LogP contribution in [0.2, 0.25) is 0 Å². The Morgan fingerprint density at radius 3 is 2.62 bits per heavy atom. The molecule has 0 amide bonds. The Bertz CT molecular complexity index is 850. The molecule has 0 atom stereocenters. The van der Waals surface area contributed by atoms with E-state index in [1.54, 1.807) is 13.2 Å². The van der Waals surface area contributed by atoms with Gasteiger partial charge in [-0.05, 0) is 34.4 Å². The Morgan fingerprint density at radius 1 is 1.05 bits per heavy atom. The van der Waals surface area contributed by atoms with Gasteiger partial charge in [0.2, 0.25) is 0 Å². The van der Waals surface area contributed by atoms with Gasteiger partial charge in [-0.3, -0.25) is 0 Å². The minimum atomic E-state index is -0.466. The van der Waals surface area contributed by atoms with E-state index >= 15 is 0 Å². The topological polar surface area (TPSA) is 35.5 Å². The minimum absolute atomic E-state index is 0.466. The first-order chi connectivity index (χ1) is 10.2. The smallest absolute Gasteiger partial charge is 0.335 e. The summed E-state index contributed by atoms with van der Waals surface area (Å²) in [5, 5.41) is 4.18. The second kappa shape index (κ2) is 5.29. The summed E-state index contributed by atoms with van der Waals surface area (Å²) in [6, 6.07) is 15.5. The molecule has 0 saturated heterocycles. The van der Waals surface area contributed by atoms with E-state index in [9.17, 15) is 4.79 Å². The van der Waals surface area contributed by atoms with Crippen molar-refractivity contribution in [3.05, 3.63) is 61.2 Å². The maximum Gasteiger partial charge on any atom is 0.335 e. The minimum Gasteiger partial charge on any atom is -0.496 e. The lowest BCUT2D eigenvalue weighted by molar-refractivity contribution is -0.128. The lowest BCUT2D eigenvalue weighted by atomic mass is 10.0. The fourth-order valence-electron chi connectivity index (χ4n) is 2.44. The van der Waals surface area contributed by atoms with Crippen molar-refractivity contribution in [1.29, 1.82) is 0 Å². The zero-order valence-electron chi connectivity index (χ0n) is 11.6. The molecule has 0 spiro atoms. The highest BCUT2D eigenvalue weighted by Gasteiger charge is 2.07. The molecule has 3 aromatic rings. The summed E-state index contributed by atoms with van der Waals surface area (Å²) < 4.78 is 10.6. The number of hydrogen-bond acceptors (Lipinski definition) is 3. The highest BCUT2D eigenvalue weighted by Crippen LogP contribution is 2.33. The number of benzene rings is 3. The van der Waals surface area contributed by atoms with Crippen LogP contribution in [0.15, 0.2) is 61.2 Å². The molecule has 0 aliphatic carbocycles. The molecule has 3 nitrogen and oxygen atoms in total. The van der Waals surface area contributed by atoms with E-state index in [2.05, 4.69) is 6.58 Å². The number of methoxy groups -OCH3 is 1. The maximum atomic E-state index is 11.3. The number of ether oxygens (including phenoxy) is 2. The summed E-state index contributed by atoms with van der Waals surface area (Å²) in [7, 11) is 1.65. The van der Waals surface area contributed by atoms with Crippen LogP contribution >= 0.6 is 0 Å². The second-order valence-corrected chi connectivity index (χ2v) is 4.63. The number of fused-ring (bicyclic) bond motifs is 3. The van der Waals surface area contributed by atoms with E-state index in [1.165, 1.54) is 0 Å². The molecular weight excluding hydrogens is 264 g/mol. The summed E-state index contributed by atoms with van der Waals surface area (Å²) in [6.45, 7) is 3.40. The van der Waals surface area contributed by atoms with Gasteiger partial charge in [0.15, 0.2) is 0 Å². The summed E-state index contributed by atoms with van der Waals surface area (Å²) in [5.74, 6) is 0.859. The first-order valence-electron chi connectivity index (χ1n) is 6.56. The van der Waals surface area contributed by atoms with Crippen LogP contribution in [-0.4, -0.2) is 13.1 Å². The van der Waals surface area contributed by atoms with Crippen LogP contribution < -0.4 is 9.47 Å². The molecule has 0 aromatic heterocycles. The largest absolute Gasteiger partial charge is 0.496 e. The number of esters is 1.